The van der Waals surface area contributed by atoms with E-state index < -0.39 is 28.7 Å². The lowest BCUT2D eigenvalue weighted by molar-refractivity contribution is -0.143. The number of rotatable bonds is 10. The van der Waals surface area contributed by atoms with Gasteiger partial charge >= 0.3 is 0 Å². The van der Waals surface area contributed by atoms with Crippen LogP contribution in [-0.4, -0.2) is 76.2 Å². The Bertz CT molecular complexity index is 1490. The van der Waals surface area contributed by atoms with Crippen molar-refractivity contribution in [2.75, 3.05) is 6.61 Å². The third-order valence-electron chi connectivity index (χ3n) is 8.76. The maximum atomic E-state index is 14.4. The number of amides is 3. The summed E-state index contributed by atoms with van der Waals surface area (Å²) in [4.78, 5) is 43.9. The van der Waals surface area contributed by atoms with Crippen LogP contribution in [0.2, 0.25) is 0 Å². The molecular formula is C30H35BrN6O4S. The Morgan fingerprint density at radius 3 is 2.60 bits per heavy atom. The van der Waals surface area contributed by atoms with E-state index in [2.05, 4.69) is 36.9 Å². The van der Waals surface area contributed by atoms with Gasteiger partial charge in [0.2, 0.25) is 17.7 Å². The smallest absolute Gasteiger partial charge is 0.245 e. The number of hydrogen-bond donors (Lipinski definition) is 3. The van der Waals surface area contributed by atoms with Gasteiger partial charge in [-0.1, -0.05) is 77.5 Å². The average Bonchev–Trinajstić information content (AvgIpc) is 3.71. The van der Waals surface area contributed by atoms with E-state index in [1.54, 1.807) is 21.3 Å². The number of alkyl halides is 1. The van der Waals surface area contributed by atoms with Gasteiger partial charge in [0.1, 0.15) is 18.2 Å². The largest absolute Gasteiger partial charge is 0.394 e. The third kappa shape index (κ3) is 4.90. The summed E-state index contributed by atoms with van der Waals surface area (Å²) in [5, 5.41) is 24.8. The molecule has 3 unspecified atom stereocenters. The molecule has 1 spiro atoms. The number of carbonyl (C=O) groups is 3. The summed E-state index contributed by atoms with van der Waals surface area (Å²) in [7, 11) is 0. The van der Waals surface area contributed by atoms with E-state index in [1.807, 2.05) is 68.4 Å². The summed E-state index contributed by atoms with van der Waals surface area (Å²) in [5.41, 5.74) is 2.48. The van der Waals surface area contributed by atoms with Gasteiger partial charge < -0.3 is 20.6 Å². The maximum absolute atomic E-state index is 14.4. The summed E-state index contributed by atoms with van der Waals surface area (Å²) in [5.74, 6) is -1.79. The molecular weight excluding hydrogens is 620 g/mol. The molecule has 1 aromatic heterocycles. The highest BCUT2D eigenvalue weighted by molar-refractivity contribution is 9.09. The molecule has 3 aliphatic heterocycles. The van der Waals surface area contributed by atoms with Gasteiger partial charge in [-0.05, 0) is 36.5 Å². The first-order chi connectivity index (χ1) is 20.2. The van der Waals surface area contributed by atoms with Gasteiger partial charge in [-0.25, -0.2) is 4.68 Å². The van der Waals surface area contributed by atoms with E-state index in [1.165, 1.54) is 0 Å². The molecule has 3 N–H and O–H groups in total. The predicted octanol–water partition coefficient (Wildman–Crippen LogP) is 2.69. The molecule has 3 aliphatic rings. The molecule has 7 atom stereocenters. The summed E-state index contributed by atoms with van der Waals surface area (Å²) < 4.78 is 0.817. The van der Waals surface area contributed by atoms with Crippen molar-refractivity contribution in [3.63, 3.8) is 0 Å². The number of benzene rings is 2. The molecule has 222 valence electrons. The fraction of sp³-hybridized carbons (Fsp3) is 0.500. The highest BCUT2D eigenvalue weighted by Gasteiger charge is 2.76. The van der Waals surface area contributed by atoms with Gasteiger partial charge in [0.25, 0.3) is 0 Å². The third-order valence-corrected chi connectivity index (χ3v) is 12.0. The van der Waals surface area contributed by atoms with Crippen molar-refractivity contribution >= 4 is 56.4 Å². The predicted molar refractivity (Wildman–Crippen MR) is 163 cm³/mol. The first kappa shape index (κ1) is 29.1. The first-order valence-electron chi connectivity index (χ1n) is 14.4. The number of aliphatic hydroxyl groups excluding tert-OH is 1. The molecule has 12 heteroatoms. The molecule has 3 amide bonds. The van der Waals surface area contributed by atoms with Gasteiger partial charge in [0.15, 0.2) is 0 Å². The zero-order valence-corrected chi connectivity index (χ0v) is 25.9. The van der Waals surface area contributed by atoms with Gasteiger partial charge in [-0.2, -0.15) is 0 Å². The number of nitrogens with one attached hydrogen (secondary N) is 2. The molecule has 2 bridgehead atoms. The SMILES string of the molecule is CC(C)C[C@H](CO)N1C(=O)[C@@H]2[C@@H](C(=O)NCc3ccccc3)[C@@H]3SC2(CC3Br)C1C(=O)NCn1nnc2ccccc21. The van der Waals surface area contributed by atoms with Crippen molar-refractivity contribution in [3.8, 4) is 0 Å². The van der Waals surface area contributed by atoms with Gasteiger partial charge in [-0.15, -0.1) is 16.9 Å². The molecule has 0 radical (unpaired) electrons. The van der Waals surface area contributed by atoms with Crippen LogP contribution >= 0.6 is 27.7 Å². The van der Waals surface area contributed by atoms with Crippen LogP contribution in [0, 0.1) is 17.8 Å². The highest BCUT2D eigenvalue weighted by Crippen LogP contribution is 2.68. The molecule has 42 heavy (non-hydrogen) atoms. The Labute approximate surface area is 257 Å². The number of halogens is 1. The standard InChI is InChI=1S/C30H35BrN6O4S/c1-17(2)12-19(15-38)37-26(28(40)33-16-36-22-11-7-6-10-21(22)34-35-36)30-13-20(31)25(42-30)23(24(30)29(37)41)27(39)32-14-18-8-4-3-5-9-18/h3-11,17,19-20,23-26,38H,12-16H2,1-2H3,(H,32,39)(H,33,40)/t19-,20?,23-,24+,25-,26?,30?/m1/s1. The number of thioether (sulfide) groups is 1. The van der Waals surface area contributed by atoms with Crippen molar-refractivity contribution in [1.29, 1.82) is 0 Å². The number of likely N-dealkylation sites (tertiary alicyclic amines) is 1. The lowest BCUT2D eigenvalue weighted by atomic mass is 9.70. The van der Waals surface area contributed by atoms with E-state index in [0.717, 1.165) is 16.6 Å². The lowest BCUT2D eigenvalue weighted by Gasteiger charge is -2.37. The number of hydrogen-bond acceptors (Lipinski definition) is 7. The molecule has 0 aliphatic carbocycles. The second-order valence-corrected chi connectivity index (χ2v) is 14.6. The summed E-state index contributed by atoms with van der Waals surface area (Å²) in [6.07, 6.45) is 1.11. The Balaban J connectivity index is 1.31. The summed E-state index contributed by atoms with van der Waals surface area (Å²) in [6, 6.07) is 15.8. The molecule has 10 nitrogen and oxygen atoms in total. The molecule has 3 saturated heterocycles. The Kier molecular flexibility index (Phi) is 8.05. The average molecular weight is 656 g/mol. The second-order valence-electron chi connectivity index (χ2n) is 11.9. The van der Waals surface area contributed by atoms with E-state index in [4.69, 9.17) is 0 Å². The molecule has 6 rings (SSSR count). The Hall–Kier alpha value is -2.96. The van der Waals surface area contributed by atoms with Crippen LogP contribution in [0.1, 0.15) is 32.3 Å². The minimum Gasteiger partial charge on any atom is -0.394 e. The van der Waals surface area contributed by atoms with Crippen molar-refractivity contribution < 1.29 is 19.5 Å². The van der Waals surface area contributed by atoms with E-state index >= 15 is 0 Å². The molecule has 0 saturated carbocycles. The van der Waals surface area contributed by atoms with Crippen molar-refractivity contribution in [1.82, 2.24) is 30.5 Å². The minimum absolute atomic E-state index is 0.0359. The fourth-order valence-corrected chi connectivity index (χ4v) is 10.7. The van der Waals surface area contributed by atoms with Crippen molar-refractivity contribution in [2.24, 2.45) is 17.8 Å². The summed E-state index contributed by atoms with van der Waals surface area (Å²) >= 11 is 5.39. The maximum Gasteiger partial charge on any atom is 0.245 e. The molecule has 3 fully saturated rings. The molecule has 3 aromatic rings. The molecule has 4 heterocycles. The zero-order chi connectivity index (χ0) is 29.6. The van der Waals surface area contributed by atoms with Crippen LogP contribution in [0.4, 0.5) is 0 Å². The molecule has 2 aromatic carbocycles. The van der Waals surface area contributed by atoms with Crippen LogP contribution in [0.25, 0.3) is 11.0 Å². The van der Waals surface area contributed by atoms with Crippen LogP contribution in [0.5, 0.6) is 0 Å². The van der Waals surface area contributed by atoms with Crippen LogP contribution < -0.4 is 10.6 Å². The van der Waals surface area contributed by atoms with E-state index in [9.17, 15) is 19.5 Å². The number of para-hydroxylation sites is 1. The minimum atomic E-state index is -0.845. The van der Waals surface area contributed by atoms with Gasteiger partial charge in [-0.3, -0.25) is 14.4 Å². The van der Waals surface area contributed by atoms with E-state index in [-0.39, 0.29) is 47.0 Å². The van der Waals surface area contributed by atoms with Crippen LogP contribution in [0.15, 0.2) is 54.6 Å². The monoisotopic (exact) mass is 654 g/mol. The number of carbonyl (C=O) groups excluding carboxylic acids is 3. The number of aromatic nitrogens is 3. The van der Waals surface area contributed by atoms with Crippen molar-refractivity contribution in [2.45, 2.75) is 66.8 Å². The van der Waals surface area contributed by atoms with Crippen LogP contribution in [-0.2, 0) is 27.6 Å². The number of nitrogens with zero attached hydrogens (tertiary/aromatic N) is 4. The fourth-order valence-electron chi connectivity index (χ4n) is 7.07. The quantitative estimate of drug-likeness (QED) is 0.287. The highest BCUT2D eigenvalue weighted by atomic mass is 79.9. The normalized spacial score (nSPS) is 28.8. The van der Waals surface area contributed by atoms with E-state index in [0.29, 0.717) is 19.4 Å². The second kappa shape index (κ2) is 11.6. The first-order valence-corrected chi connectivity index (χ1v) is 16.2. The summed E-state index contributed by atoms with van der Waals surface area (Å²) in [6.45, 7) is 4.24. The number of fused-ring (bicyclic) bond motifs is 2. The van der Waals surface area contributed by atoms with Crippen molar-refractivity contribution in [3.05, 3.63) is 60.2 Å². The lowest BCUT2D eigenvalue weighted by Crippen LogP contribution is -2.57. The Morgan fingerprint density at radius 1 is 1.12 bits per heavy atom. The van der Waals surface area contributed by atoms with Crippen LogP contribution in [0.3, 0.4) is 0 Å². The number of aliphatic hydroxyl groups is 1. The van der Waals surface area contributed by atoms with Gasteiger partial charge in [0.05, 0.1) is 34.7 Å². The Morgan fingerprint density at radius 2 is 1.86 bits per heavy atom. The zero-order valence-electron chi connectivity index (χ0n) is 23.5. The van der Waals surface area contributed by atoms with Gasteiger partial charge in [0, 0.05) is 16.6 Å². The topological polar surface area (TPSA) is 129 Å².